The fourth-order valence-corrected chi connectivity index (χ4v) is 2.26. The molecule has 0 radical (unpaired) electrons. The average molecular weight is 293 g/mol. The van der Waals surface area contributed by atoms with Crippen molar-refractivity contribution in [3.63, 3.8) is 0 Å². The van der Waals surface area contributed by atoms with Gasteiger partial charge in [0.15, 0.2) is 0 Å². The van der Waals surface area contributed by atoms with Crippen molar-refractivity contribution in [3.05, 3.63) is 24.0 Å². The van der Waals surface area contributed by atoms with Gasteiger partial charge in [0.1, 0.15) is 5.82 Å². The standard InChI is InChI=1S/C16H24FN3O/c1-11(2)7-8-20(13-4-5-13)10-16(21)19-12-3-6-14(17)15(18)9-12/h3,6,9,11,13H,4-5,7-8,10,18H2,1-2H3,(H,19,21). The van der Waals surface area contributed by atoms with Crippen molar-refractivity contribution in [2.24, 2.45) is 5.92 Å². The molecule has 2 rings (SSSR count). The second-order valence-corrected chi connectivity index (χ2v) is 6.17. The zero-order chi connectivity index (χ0) is 15.4. The van der Waals surface area contributed by atoms with E-state index in [2.05, 4.69) is 24.1 Å². The monoisotopic (exact) mass is 293 g/mol. The molecule has 0 atom stereocenters. The van der Waals surface area contributed by atoms with Crippen molar-refractivity contribution < 1.29 is 9.18 Å². The number of rotatable bonds is 7. The first-order valence-corrected chi connectivity index (χ1v) is 7.54. The van der Waals surface area contributed by atoms with Gasteiger partial charge in [-0.3, -0.25) is 9.69 Å². The summed E-state index contributed by atoms with van der Waals surface area (Å²) in [5.74, 6) is 0.0902. The predicted molar refractivity (Wildman–Crippen MR) is 83.5 cm³/mol. The summed E-state index contributed by atoms with van der Waals surface area (Å²) in [7, 11) is 0. The summed E-state index contributed by atoms with van der Waals surface area (Å²) >= 11 is 0. The lowest BCUT2D eigenvalue weighted by molar-refractivity contribution is -0.117. The number of nitrogens with two attached hydrogens (primary N) is 1. The molecular formula is C16H24FN3O. The molecule has 0 spiro atoms. The van der Waals surface area contributed by atoms with Gasteiger partial charge in [-0.1, -0.05) is 13.8 Å². The summed E-state index contributed by atoms with van der Waals surface area (Å²) in [6.07, 6.45) is 3.44. The van der Waals surface area contributed by atoms with E-state index in [4.69, 9.17) is 5.73 Å². The Bertz CT molecular complexity index is 500. The number of hydrogen-bond donors (Lipinski definition) is 2. The van der Waals surface area contributed by atoms with Gasteiger partial charge in [0.25, 0.3) is 0 Å². The normalized spacial score (nSPS) is 14.7. The lowest BCUT2D eigenvalue weighted by Crippen LogP contribution is -2.36. The summed E-state index contributed by atoms with van der Waals surface area (Å²) < 4.78 is 13.1. The molecule has 1 amide bonds. The summed E-state index contributed by atoms with van der Waals surface area (Å²) in [6, 6.07) is 4.79. The van der Waals surface area contributed by atoms with E-state index >= 15 is 0 Å². The summed E-state index contributed by atoms with van der Waals surface area (Å²) in [5.41, 5.74) is 6.09. The van der Waals surface area contributed by atoms with Gasteiger partial charge in [-0.2, -0.15) is 0 Å². The molecule has 1 saturated carbocycles. The Morgan fingerprint density at radius 1 is 1.48 bits per heavy atom. The molecule has 116 valence electrons. The van der Waals surface area contributed by atoms with Crippen LogP contribution in [-0.4, -0.2) is 29.9 Å². The van der Waals surface area contributed by atoms with Crippen LogP contribution in [0.4, 0.5) is 15.8 Å². The van der Waals surface area contributed by atoms with Crippen LogP contribution in [-0.2, 0) is 4.79 Å². The van der Waals surface area contributed by atoms with Crippen LogP contribution >= 0.6 is 0 Å². The average Bonchev–Trinajstić information content (AvgIpc) is 3.23. The number of anilines is 2. The number of amides is 1. The van der Waals surface area contributed by atoms with Gasteiger partial charge in [0, 0.05) is 11.7 Å². The molecule has 1 aliphatic rings. The van der Waals surface area contributed by atoms with Gasteiger partial charge in [-0.05, 0) is 49.9 Å². The molecule has 0 unspecified atom stereocenters. The van der Waals surface area contributed by atoms with Crippen LogP contribution in [0.2, 0.25) is 0 Å². The Hall–Kier alpha value is -1.62. The van der Waals surface area contributed by atoms with Crippen molar-refractivity contribution in [2.45, 2.75) is 39.2 Å². The molecule has 0 saturated heterocycles. The third kappa shape index (κ3) is 5.01. The van der Waals surface area contributed by atoms with Gasteiger partial charge in [-0.25, -0.2) is 4.39 Å². The zero-order valence-corrected chi connectivity index (χ0v) is 12.7. The highest BCUT2D eigenvalue weighted by atomic mass is 19.1. The maximum absolute atomic E-state index is 13.1. The lowest BCUT2D eigenvalue weighted by Gasteiger charge is -2.22. The van der Waals surface area contributed by atoms with E-state index in [1.165, 1.54) is 31.0 Å². The minimum absolute atomic E-state index is 0.0478. The Morgan fingerprint density at radius 2 is 2.19 bits per heavy atom. The van der Waals surface area contributed by atoms with Gasteiger partial charge >= 0.3 is 0 Å². The first-order valence-electron chi connectivity index (χ1n) is 7.54. The zero-order valence-electron chi connectivity index (χ0n) is 12.7. The number of benzene rings is 1. The van der Waals surface area contributed by atoms with Crippen LogP contribution in [0.25, 0.3) is 0 Å². The third-order valence-electron chi connectivity index (χ3n) is 3.68. The summed E-state index contributed by atoms with van der Waals surface area (Å²) in [4.78, 5) is 14.3. The van der Waals surface area contributed by atoms with Gasteiger partial charge in [0.05, 0.1) is 12.2 Å². The maximum Gasteiger partial charge on any atom is 0.238 e. The fraction of sp³-hybridized carbons (Fsp3) is 0.562. The number of nitrogens with zero attached hydrogens (tertiary/aromatic N) is 1. The topological polar surface area (TPSA) is 58.4 Å². The Kier molecular flexibility index (Phi) is 5.17. The van der Waals surface area contributed by atoms with Crippen molar-refractivity contribution in [1.82, 2.24) is 4.90 Å². The lowest BCUT2D eigenvalue weighted by atomic mass is 10.1. The van der Waals surface area contributed by atoms with Gasteiger partial charge in [0.2, 0.25) is 5.91 Å². The van der Waals surface area contributed by atoms with Crippen LogP contribution in [0.3, 0.4) is 0 Å². The third-order valence-corrected chi connectivity index (χ3v) is 3.68. The van der Waals surface area contributed by atoms with Crippen molar-refractivity contribution >= 4 is 17.3 Å². The first kappa shape index (κ1) is 15.8. The summed E-state index contributed by atoms with van der Waals surface area (Å²) in [5, 5.41) is 2.78. The van der Waals surface area contributed by atoms with Gasteiger partial charge in [-0.15, -0.1) is 0 Å². The van der Waals surface area contributed by atoms with E-state index in [1.54, 1.807) is 0 Å². The molecule has 1 aliphatic carbocycles. The largest absolute Gasteiger partial charge is 0.396 e. The van der Waals surface area contributed by atoms with E-state index < -0.39 is 5.82 Å². The molecule has 0 bridgehead atoms. The van der Waals surface area contributed by atoms with E-state index in [9.17, 15) is 9.18 Å². The number of hydrogen-bond acceptors (Lipinski definition) is 3. The fourth-order valence-electron chi connectivity index (χ4n) is 2.26. The first-order chi connectivity index (χ1) is 9.95. The molecule has 1 aromatic rings. The Balaban J connectivity index is 1.88. The smallest absolute Gasteiger partial charge is 0.238 e. The van der Waals surface area contributed by atoms with Crippen molar-refractivity contribution in [2.75, 3.05) is 24.1 Å². The highest BCUT2D eigenvalue weighted by molar-refractivity contribution is 5.92. The van der Waals surface area contributed by atoms with Crippen LogP contribution < -0.4 is 11.1 Å². The van der Waals surface area contributed by atoms with Crippen LogP contribution in [0.1, 0.15) is 33.1 Å². The van der Waals surface area contributed by atoms with E-state index in [0.717, 1.165) is 13.0 Å². The molecule has 0 aliphatic heterocycles. The Labute approximate surface area is 125 Å². The number of carbonyl (C=O) groups excluding carboxylic acids is 1. The molecule has 1 aromatic carbocycles. The second kappa shape index (κ2) is 6.89. The van der Waals surface area contributed by atoms with E-state index in [1.807, 2.05) is 0 Å². The molecule has 0 heterocycles. The highest BCUT2D eigenvalue weighted by Crippen LogP contribution is 2.27. The van der Waals surface area contributed by atoms with Gasteiger partial charge < -0.3 is 11.1 Å². The molecule has 21 heavy (non-hydrogen) atoms. The molecule has 1 fully saturated rings. The summed E-state index contributed by atoms with van der Waals surface area (Å²) in [6.45, 7) is 5.70. The number of nitrogen functional groups attached to an aromatic ring is 1. The number of carbonyl (C=O) groups is 1. The molecule has 5 heteroatoms. The predicted octanol–water partition coefficient (Wildman–Crippen LogP) is 2.86. The SMILES string of the molecule is CC(C)CCN(CC(=O)Nc1ccc(F)c(N)c1)C1CC1. The van der Waals surface area contributed by atoms with Crippen molar-refractivity contribution in [1.29, 1.82) is 0 Å². The molecule has 3 N–H and O–H groups in total. The quantitative estimate of drug-likeness (QED) is 0.760. The van der Waals surface area contributed by atoms with Crippen LogP contribution in [0, 0.1) is 11.7 Å². The molecule has 4 nitrogen and oxygen atoms in total. The van der Waals surface area contributed by atoms with Crippen molar-refractivity contribution in [3.8, 4) is 0 Å². The maximum atomic E-state index is 13.1. The Morgan fingerprint density at radius 3 is 2.76 bits per heavy atom. The van der Waals surface area contributed by atoms with E-state index in [0.29, 0.717) is 24.2 Å². The molecular weight excluding hydrogens is 269 g/mol. The molecule has 0 aromatic heterocycles. The minimum Gasteiger partial charge on any atom is -0.396 e. The number of halogens is 1. The van der Waals surface area contributed by atoms with Crippen LogP contribution in [0.5, 0.6) is 0 Å². The number of nitrogens with one attached hydrogen (secondary N) is 1. The second-order valence-electron chi connectivity index (χ2n) is 6.17. The highest BCUT2D eigenvalue weighted by Gasteiger charge is 2.30. The van der Waals surface area contributed by atoms with Crippen LogP contribution in [0.15, 0.2) is 18.2 Å². The minimum atomic E-state index is -0.468. The van der Waals surface area contributed by atoms with E-state index in [-0.39, 0.29) is 11.6 Å².